The highest BCUT2D eigenvalue weighted by atomic mass is 16.6. The maximum absolute atomic E-state index is 11.8. The molecule has 0 saturated heterocycles. The zero-order chi connectivity index (χ0) is 13.9. The highest BCUT2D eigenvalue weighted by molar-refractivity contribution is 6.22. The Morgan fingerprint density at radius 1 is 1.11 bits per heavy atom. The number of ether oxygens (including phenoxy) is 1. The molecule has 1 amide bonds. The molecule has 0 N–H and O–H groups in total. The van der Waals surface area contributed by atoms with Crippen LogP contribution in [-0.2, 0) is 11.3 Å². The van der Waals surface area contributed by atoms with Gasteiger partial charge in [-0.15, -0.1) is 0 Å². The van der Waals surface area contributed by atoms with Gasteiger partial charge in [0.15, 0.2) is 15.7 Å². The lowest BCUT2D eigenvalue weighted by Gasteiger charge is -2.17. The smallest absolute Gasteiger partial charge is 0.411 e. The van der Waals surface area contributed by atoms with Crippen LogP contribution in [0.3, 0.4) is 0 Å². The predicted octanol–water partition coefficient (Wildman–Crippen LogP) is 0.884. The van der Waals surface area contributed by atoms with E-state index in [-0.39, 0.29) is 19.7 Å². The standard InChI is InChI=1S/C14H11B2NO2/c15-8-4-10-17(11-5-9-16)14(18)19-12-13-6-2-1-3-7-13/h1-3,6-7H,10-12H2. The Morgan fingerprint density at radius 2 is 1.68 bits per heavy atom. The summed E-state index contributed by atoms with van der Waals surface area (Å²) in [6.45, 7) is 0.500. The van der Waals surface area contributed by atoms with Crippen molar-refractivity contribution in [2.45, 2.75) is 6.61 Å². The molecule has 0 unspecified atom stereocenters. The summed E-state index contributed by atoms with van der Waals surface area (Å²) in [5, 5.41) is 0. The molecule has 0 aliphatic heterocycles. The first kappa shape index (κ1) is 14.8. The van der Waals surface area contributed by atoms with Crippen molar-refractivity contribution in [1.82, 2.24) is 4.90 Å². The van der Waals surface area contributed by atoms with E-state index in [1.54, 1.807) is 0 Å². The third-order valence-electron chi connectivity index (χ3n) is 2.21. The van der Waals surface area contributed by atoms with E-state index in [1.807, 2.05) is 30.3 Å². The summed E-state index contributed by atoms with van der Waals surface area (Å²) in [7, 11) is 10.1. The zero-order valence-electron chi connectivity index (χ0n) is 10.4. The van der Waals surface area contributed by atoms with E-state index in [1.165, 1.54) is 4.90 Å². The molecular weight excluding hydrogens is 236 g/mol. The van der Waals surface area contributed by atoms with Gasteiger partial charge >= 0.3 is 6.09 Å². The second-order valence-electron chi connectivity index (χ2n) is 3.54. The lowest BCUT2D eigenvalue weighted by molar-refractivity contribution is 0.105. The largest absolute Gasteiger partial charge is 0.445 e. The molecule has 0 aliphatic rings. The summed E-state index contributed by atoms with van der Waals surface area (Å²) in [4.78, 5) is 13.1. The lowest BCUT2D eigenvalue weighted by atomic mass is 10.2. The van der Waals surface area contributed by atoms with Gasteiger partial charge in [-0.25, -0.2) is 4.79 Å². The fraction of sp³-hybridized carbons (Fsp3) is 0.214. The molecule has 1 rings (SSSR count). The fourth-order valence-corrected chi connectivity index (χ4v) is 1.28. The van der Waals surface area contributed by atoms with Crippen LogP contribution in [0.1, 0.15) is 5.56 Å². The molecule has 0 fully saturated rings. The van der Waals surface area contributed by atoms with Crippen LogP contribution in [0.25, 0.3) is 0 Å². The second-order valence-corrected chi connectivity index (χ2v) is 3.54. The van der Waals surface area contributed by atoms with E-state index in [0.717, 1.165) is 5.56 Å². The lowest BCUT2D eigenvalue weighted by Crippen LogP contribution is -2.32. The minimum absolute atomic E-state index is 0.152. The van der Waals surface area contributed by atoms with E-state index in [2.05, 4.69) is 23.5 Å². The van der Waals surface area contributed by atoms with Gasteiger partial charge in [-0.2, -0.15) is 11.6 Å². The van der Waals surface area contributed by atoms with Crippen LogP contribution >= 0.6 is 0 Å². The van der Waals surface area contributed by atoms with Crippen molar-refractivity contribution in [3.8, 4) is 23.5 Å². The topological polar surface area (TPSA) is 29.5 Å². The van der Waals surface area contributed by atoms with Gasteiger partial charge in [0, 0.05) is 0 Å². The molecule has 1 aromatic rings. The molecule has 0 aromatic heterocycles. The third kappa shape index (κ3) is 5.75. The van der Waals surface area contributed by atoms with Crippen molar-refractivity contribution in [2.75, 3.05) is 13.1 Å². The van der Waals surface area contributed by atoms with Crippen LogP contribution < -0.4 is 0 Å². The molecule has 0 spiro atoms. The van der Waals surface area contributed by atoms with Gasteiger partial charge in [0.05, 0.1) is 13.1 Å². The minimum Gasteiger partial charge on any atom is -0.445 e. The van der Waals surface area contributed by atoms with Crippen molar-refractivity contribution < 1.29 is 9.53 Å². The number of benzene rings is 1. The number of amides is 1. The molecule has 90 valence electrons. The van der Waals surface area contributed by atoms with Crippen molar-refractivity contribution >= 4 is 21.8 Å². The molecule has 0 saturated carbocycles. The van der Waals surface area contributed by atoms with E-state index >= 15 is 0 Å². The first-order valence-electron chi connectivity index (χ1n) is 5.60. The Hall–Kier alpha value is -2.26. The van der Waals surface area contributed by atoms with Gasteiger partial charge in [0.25, 0.3) is 0 Å². The van der Waals surface area contributed by atoms with E-state index in [4.69, 9.17) is 20.4 Å². The van der Waals surface area contributed by atoms with E-state index in [9.17, 15) is 4.79 Å². The Morgan fingerprint density at radius 3 is 2.21 bits per heavy atom. The van der Waals surface area contributed by atoms with E-state index in [0.29, 0.717) is 0 Å². The molecule has 0 aliphatic carbocycles. The number of carbonyl (C=O) groups excluding carboxylic acids is 1. The van der Waals surface area contributed by atoms with Gasteiger partial charge in [-0.3, -0.25) is 4.90 Å². The minimum atomic E-state index is -0.505. The average Bonchev–Trinajstić information content (AvgIpc) is 2.46. The molecule has 19 heavy (non-hydrogen) atoms. The molecule has 0 bridgehead atoms. The summed E-state index contributed by atoms with van der Waals surface area (Å²) in [5.74, 6) is 9.61. The fourth-order valence-electron chi connectivity index (χ4n) is 1.28. The van der Waals surface area contributed by atoms with Crippen LogP contribution in [0.4, 0.5) is 4.79 Å². The highest BCUT2D eigenvalue weighted by Gasteiger charge is 2.12. The molecule has 1 aromatic carbocycles. The van der Waals surface area contributed by atoms with Gasteiger partial charge in [0.1, 0.15) is 6.61 Å². The summed E-state index contributed by atoms with van der Waals surface area (Å²) >= 11 is 0. The van der Waals surface area contributed by atoms with Crippen LogP contribution in [0.15, 0.2) is 30.3 Å². The van der Waals surface area contributed by atoms with Crippen molar-refractivity contribution in [3.63, 3.8) is 0 Å². The first-order valence-corrected chi connectivity index (χ1v) is 5.60. The number of rotatable bonds is 4. The summed E-state index contributed by atoms with van der Waals surface area (Å²) in [5.41, 5.74) is 0.908. The van der Waals surface area contributed by atoms with E-state index < -0.39 is 6.09 Å². The average molecular weight is 247 g/mol. The Balaban J connectivity index is 2.54. The number of hydrogen-bond donors (Lipinski definition) is 0. The Labute approximate surface area is 116 Å². The Kier molecular flexibility index (Phi) is 6.84. The SMILES string of the molecule is [B]C#CCN(CC#C[B])C(=O)OCc1ccccc1. The van der Waals surface area contributed by atoms with Gasteiger partial charge in [-0.05, 0) is 5.56 Å². The molecular formula is C14H11B2NO2. The normalized spacial score (nSPS) is 8.42. The Bertz CT molecular complexity index is 501. The zero-order valence-corrected chi connectivity index (χ0v) is 10.4. The predicted molar refractivity (Wildman–Crippen MR) is 75.3 cm³/mol. The van der Waals surface area contributed by atoms with Gasteiger partial charge < -0.3 is 4.74 Å². The quantitative estimate of drug-likeness (QED) is 0.583. The molecule has 5 heteroatoms. The monoisotopic (exact) mass is 247 g/mol. The molecule has 4 radical (unpaired) electrons. The number of carbonyl (C=O) groups is 1. The third-order valence-corrected chi connectivity index (χ3v) is 2.21. The van der Waals surface area contributed by atoms with Crippen molar-refractivity contribution in [1.29, 1.82) is 0 Å². The summed E-state index contributed by atoms with van der Waals surface area (Å²) < 4.78 is 5.15. The second kappa shape index (κ2) is 8.78. The molecule has 3 nitrogen and oxygen atoms in total. The van der Waals surface area contributed by atoms with Gasteiger partial charge in [-0.1, -0.05) is 42.2 Å². The summed E-state index contributed by atoms with van der Waals surface area (Å²) in [6.07, 6.45) is -0.505. The highest BCUT2D eigenvalue weighted by Crippen LogP contribution is 2.03. The number of hydrogen-bond acceptors (Lipinski definition) is 2. The first-order chi connectivity index (χ1) is 9.27. The van der Waals surface area contributed by atoms with Crippen molar-refractivity contribution in [3.05, 3.63) is 35.9 Å². The van der Waals surface area contributed by atoms with Gasteiger partial charge in [0.2, 0.25) is 0 Å². The van der Waals surface area contributed by atoms with Crippen LogP contribution in [0.5, 0.6) is 0 Å². The van der Waals surface area contributed by atoms with Crippen LogP contribution in [0.2, 0.25) is 0 Å². The summed E-state index contributed by atoms with van der Waals surface area (Å²) in [6, 6.07) is 9.39. The number of nitrogens with zero attached hydrogens (tertiary/aromatic N) is 1. The maximum atomic E-state index is 11.8. The molecule has 0 atom stereocenters. The molecule has 0 heterocycles. The van der Waals surface area contributed by atoms with Crippen molar-refractivity contribution in [2.24, 2.45) is 0 Å². The van der Waals surface area contributed by atoms with Crippen LogP contribution in [-0.4, -0.2) is 39.8 Å². The maximum Gasteiger partial charge on any atom is 0.411 e. The van der Waals surface area contributed by atoms with Crippen LogP contribution in [0, 0.1) is 23.5 Å².